The molecular weight excluding hydrogens is 436 g/mol. The molecule has 6 rings (SSSR count). The van der Waals surface area contributed by atoms with Crippen LogP contribution in [0.25, 0.3) is 11.3 Å². The van der Waals surface area contributed by atoms with Gasteiger partial charge in [-0.2, -0.15) is 0 Å². The zero-order valence-corrected chi connectivity index (χ0v) is 18.1. The zero-order chi connectivity index (χ0) is 22.5. The summed E-state index contributed by atoms with van der Waals surface area (Å²) in [5, 5.41) is 14.1. The summed E-state index contributed by atoms with van der Waals surface area (Å²) in [6, 6.07) is 6.92. The van der Waals surface area contributed by atoms with Crippen molar-refractivity contribution in [3.63, 3.8) is 0 Å². The number of carbonyl (C=O) groups is 2. The van der Waals surface area contributed by atoms with E-state index in [1.165, 1.54) is 49.6 Å². The molecule has 0 spiro atoms. The van der Waals surface area contributed by atoms with Gasteiger partial charge in [0.05, 0.1) is 9.95 Å². The maximum Gasteiger partial charge on any atom is 0.374 e. The Labute approximate surface area is 189 Å². The first kappa shape index (κ1) is 21.0. The quantitative estimate of drug-likeness (QED) is 0.380. The standard InChI is InChI=1S/C23H23ClN2O6/c24-18-8-16(26(29)30)1-2-17(18)19-3-4-20(32-19)22(28)31-12-21(27)25-23-9-13-5-14(10-23)7-15(6-13)11-23/h1-4,8,13-15H,5-7,9-12H2,(H,25,27). The topological polar surface area (TPSA) is 112 Å². The minimum Gasteiger partial charge on any atom is -0.450 e. The smallest absolute Gasteiger partial charge is 0.374 e. The number of rotatable bonds is 6. The lowest BCUT2D eigenvalue weighted by molar-refractivity contribution is -0.384. The molecule has 4 fully saturated rings. The molecule has 4 saturated carbocycles. The van der Waals surface area contributed by atoms with Crippen LogP contribution in [0.4, 0.5) is 5.69 Å². The predicted molar refractivity (Wildman–Crippen MR) is 115 cm³/mol. The van der Waals surface area contributed by atoms with Gasteiger partial charge in [0.25, 0.3) is 11.6 Å². The van der Waals surface area contributed by atoms with Crippen LogP contribution in [-0.4, -0.2) is 28.9 Å². The Hall–Kier alpha value is -2.87. The normalized spacial score (nSPS) is 27.8. The molecule has 8 nitrogen and oxygen atoms in total. The Morgan fingerprint density at radius 3 is 2.38 bits per heavy atom. The van der Waals surface area contributed by atoms with Gasteiger partial charge in [0.1, 0.15) is 5.76 Å². The lowest BCUT2D eigenvalue weighted by atomic mass is 9.53. The van der Waals surface area contributed by atoms with Crippen molar-refractivity contribution in [3.05, 3.63) is 51.2 Å². The van der Waals surface area contributed by atoms with E-state index in [1.807, 2.05) is 0 Å². The van der Waals surface area contributed by atoms with Crippen LogP contribution in [0.1, 0.15) is 49.1 Å². The molecule has 1 aromatic carbocycles. The molecule has 0 aliphatic heterocycles. The summed E-state index contributed by atoms with van der Waals surface area (Å²) in [5.74, 6) is 1.28. The lowest BCUT2D eigenvalue weighted by Crippen LogP contribution is -2.60. The van der Waals surface area contributed by atoms with Gasteiger partial charge in [-0.25, -0.2) is 4.79 Å². The molecule has 0 radical (unpaired) electrons. The van der Waals surface area contributed by atoms with Gasteiger partial charge in [-0.05, 0) is 74.5 Å². The van der Waals surface area contributed by atoms with E-state index in [1.54, 1.807) is 0 Å². The first-order valence-electron chi connectivity index (χ1n) is 10.8. The third kappa shape index (κ3) is 3.99. The van der Waals surface area contributed by atoms with Crippen molar-refractivity contribution in [3.8, 4) is 11.3 Å². The summed E-state index contributed by atoms with van der Waals surface area (Å²) in [6.07, 6.45) is 6.92. The number of amides is 1. The van der Waals surface area contributed by atoms with Gasteiger partial charge in [-0.3, -0.25) is 14.9 Å². The molecule has 0 saturated heterocycles. The maximum absolute atomic E-state index is 12.5. The van der Waals surface area contributed by atoms with Crippen LogP contribution in [0.15, 0.2) is 34.7 Å². The van der Waals surface area contributed by atoms with Gasteiger partial charge in [-0.15, -0.1) is 0 Å². The summed E-state index contributed by atoms with van der Waals surface area (Å²) in [7, 11) is 0. The second-order valence-corrected chi connectivity index (χ2v) is 9.81. The molecule has 4 bridgehead atoms. The molecule has 0 unspecified atom stereocenters. The Balaban J connectivity index is 1.19. The number of hydrogen-bond donors (Lipinski definition) is 1. The van der Waals surface area contributed by atoms with Crippen molar-refractivity contribution in [1.82, 2.24) is 5.32 Å². The van der Waals surface area contributed by atoms with Gasteiger partial charge < -0.3 is 14.5 Å². The van der Waals surface area contributed by atoms with Gasteiger partial charge in [-0.1, -0.05) is 11.6 Å². The molecule has 1 heterocycles. The summed E-state index contributed by atoms with van der Waals surface area (Å²) >= 11 is 6.11. The maximum atomic E-state index is 12.5. The average Bonchev–Trinajstić information content (AvgIpc) is 3.20. The Kier molecular flexibility index (Phi) is 5.20. The monoisotopic (exact) mass is 458 g/mol. The predicted octanol–water partition coefficient (Wildman–Crippen LogP) is 4.75. The number of nitrogens with zero attached hydrogens (tertiary/aromatic N) is 1. The van der Waals surface area contributed by atoms with Crippen LogP contribution >= 0.6 is 11.6 Å². The first-order valence-corrected chi connectivity index (χ1v) is 11.2. The summed E-state index contributed by atoms with van der Waals surface area (Å²) in [5.41, 5.74) is 0.133. The molecule has 1 aromatic heterocycles. The molecule has 0 atom stereocenters. The van der Waals surface area contributed by atoms with E-state index in [-0.39, 0.29) is 40.3 Å². The highest BCUT2D eigenvalue weighted by Gasteiger charge is 2.51. The minimum atomic E-state index is -0.755. The van der Waals surface area contributed by atoms with Crippen LogP contribution in [0.5, 0.6) is 0 Å². The van der Waals surface area contributed by atoms with Crippen molar-refractivity contribution in [2.45, 2.75) is 44.1 Å². The molecular formula is C23H23ClN2O6. The van der Waals surface area contributed by atoms with Crippen LogP contribution in [0.2, 0.25) is 5.02 Å². The van der Waals surface area contributed by atoms with Crippen LogP contribution < -0.4 is 5.32 Å². The molecule has 9 heteroatoms. The molecule has 4 aliphatic carbocycles. The molecule has 2 aromatic rings. The highest BCUT2D eigenvalue weighted by atomic mass is 35.5. The zero-order valence-electron chi connectivity index (χ0n) is 17.3. The van der Waals surface area contributed by atoms with E-state index in [2.05, 4.69) is 5.32 Å². The number of non-ortho nitro benzene ring substituents is 1. The summed E-state index contributed by atoms with van der Waals surface area (Å²) in [4.78, 5) is 35.2. The summed E-state index contributed by atoms with van der Waals surface area (Å²) < 4.78 is 10.7. The number of benzene rings is 1. The number of nitrogens with one attached hydrogen (secondary N) is 1. The van der Waals surface area contributed by atoms with Crippen LogP contribution in [0, 0.1) is 27.9 Å². The lowest BCUT2D eigenvalue weighted by Gasteiger charge is -2.56. The highest BCUT2D eigenvalue weighted by molar-refractivity contribution is 6.33. The molecule has 1 N–H and O–H groups in total. The van der Waals surface area contributed by atoms with E-state index in [0.717, 1.165) is 19.3 Å². The first-order chi connectivity index (χ1) is 15.3. The SMILES string of the molecule is O=C(COC(=O)c1ccc(-c2ccc([N+](=O)[O-])cc2Cl)o1)NC12CC3CC(CC(C3)C1)C2. The fraction of sp³-hybridized carbons (Fsp3) is 0.478. The van der Waals surface area contributed by atoms with Gasteiger partial charge in [0.2, 0.25) is 5.76 Å². The number of nitro benzene ring substituents is 1. The number of hydrogen-bond acceptors (Lipinski definition) is 6. The van der Waals surface area contributed by atoms with E-state index < -0.39 is 10.9 Å². The number of carbonyl (C=O) groups excluding carboxylic acids is 2. The largest absolute Gasteiger partial charge is 0.450 e. The van der Waals surface area contributed by atoms with Gasteiger partial charge in [0.15, 0.2) is 6.61 Å². The Morgan fingerprint density at radius 1 is 1.12 bits per heavy atom. The second-order valence-electron chi connectivity index (χ2n) is 9.41. The number of furan rings is 1. The van der Waals surface area contributed by atoms with Crippen molar-refractivity contribution in [1.29, 1.82) is 0 Å². The second kappa shape index (κ2) is 7.92. The number of halogens is 1. The van der Waals surface area contributed by atoms with E-state index in [0.29, 0.717) is 23.3 Å². The average molecular weight is 459 g/mol. The van der Waals surface area contributed by atoms with Gasteiger partial charge >= 0.3 is 5.97 Å². The Bertz CT molecular complexity index is 1060. The fourth-order valence-electron chi connectivity index (χ4n) is 6.21. The van der Waals surface area contributed by atoms with Crippen LogP contribution in [-0.2, 0) is 9.53 Å². The number of nitro groups is 1. The van der Waals surface area contributed by atoms with Gasteiger partial charge in [0, 0.05) is 23.2 Å². The summed E-state index contributed by atoms with van der Waals surface area (Å²) in [6.45, 7) is -0.366. The Morgan fingerprint density at radius 2 is 1.78 bits per heavy atom. The highest BCUT2D eigenvalue weighted by Crippen LogP contribution is 2.55. The number of esters is 1. The molecule has 1 amide bonds. The molecule has 168 valence electrons. The van der Waals surface area contributed by atoms with Crippen molar-refractivity contribution >= 4 is 29.2 Å². The fourth-order valence-corrected chi connectivity index (χ4v) is 6.48. The van der Waals surface area contributed by atoms with E-state index >= 15 is 0 Å². The molecule has 4 aliphatic rings. The third-order valence-electron chi connectivity index (χ3n) is 7.01. The van der Waals surface area contributed by atoms with Crippen molar-refractivity contribution < 1.29 is 23.7 Å². The number of ether oxygens (including phenoxy) is 1. The van der Waals surface area contributed by atoms with E-state index in [9.17, 15) is 19.7 Å². The van der Waals surface area contributed by atoms with Crippen molar-refractivity contribution in [2.24, 2.45) is 17.8 Å². The third-order valence-corrected chi connectivity index (χ3v) is 7.33. The minimum absolute atomic E-state index is 0.0722. The molecule has 32 heavy (non-hydrogen) atoms. The van der Waals surface area contributed by atoms with Crippen molar-refractivity contribution in [2.75, 3.05) is 6.61 Å². The van der Waals surface area contributed by atoms with Crippen LogP contribution in [0.3, 0.4) is 0 Å². The van der Waals surface area contributed by atoms with E-state index in [4.69, 9.17) is 20.8 Å².